The van der Waals surface area contributed by atoms with Crippen LogP contribution in [0.3, 0.4) is 0 Å². The van der Waals surface area contributed by atoms with Crippen molar-refractivity contribution in [1.29, 1.82) is 0 Å². The monoisotopic (exact) mass is 524 g/mol. The highest BCUT2D eigenvalue weighted by Crippen LogP contribution is 2.47. The van der Waals surface area contributed by atoms with E-state index in [1.165, 1.54) is 51.9 Å². The number of hydrogen-bond donors (Lipinski definition) is 6. The molecule has 0 bridgehead atoms. The summed E-state index contributed by atoms with van der Waals surface area (Å²) in [7, 11) is -3.66. The van der Waals surface area contributed by atoms with E-state index in [-0.39, 0.29) is 26.1 Å². The van der Waals surface area contributed by atoms with Crippen LogP contribution in [-0.2, 0) is 33.2 Å². The van der Waals surface area contributed by atoms with Gasteiger partial charge in [0, 0.05) is 0 Å². The van der Waals surface area contributed by atoms with Crippen LogP contribution in [0.2, 0.25) is 0 Å². The molecule has 1 heterocycles. The Kier molecular flexibility index (Phi) is 27.3. The molecule has 0 aromatic rings. The van der Waals surface area contributed by atoms with Crippen LogP contribution >= 0.6 is 7.60 Å². The van der Waals surface area contributed by atoms with Crippen molar-refractivity contribution in [2.24, 2.45) is 0 Å². The van der Waals surface area contributed by atoms with E-state index in [1.807, 2.05) is 0 Å². The Labute approximate surface area is 201 Å². The van der Waals surface area contributed by atoms with Crippen LogP contribution in [0, 0.1) is 0 Å². The molecule has 1 aliphatic heterocycles. The van der Waals surface area contributed by atoms with Gasteiger partial charge >= 0.3 is 7.60 Å². The lowest BCUT2D eigenvalue weighted by atomic mass is 10.1. The molecule has 1 fully saturated rings. The topological polar surface area (TPSA) is 197 Å². The second-order valence-electron chi connectivity index (χ2n) is 7.62. The number of epoxide rings is 1. The van der Waals surface area contributed by atoms with Gasteiger partial charge in [-0.15, -0.1) is 0 Å². The molecule has 1 rings (SSSR count). The Bertz CT molecular complexity index is 446. The lowest BCUT2D eigenvalue weighted by Gasteiger charge is -2.17. The SMILES string of the molecule is CCCCCCCCCCCCOP(=O)(O)C(C)COO.OCOC1OC1COO.OCOO. The minimum absolute atomic E-state index is 0.0880. The fourth-order valence-corrected chi connectivity index (χ4v) is 3.55. The number of unbranched alkanes of at least 4 members (excludes halogenated alkanes) is 9. The number of rotatable bonds is 20. The van der Waals surface area contributed by atoms with Gasteiger partial charge in [0.25, 0.3) is 0 Å². The van der Waals surface area contributed by atoms with Gasteiger partial charge in [-0.1, -0.05) is 64.7 Å². The Morgan fingerprint density at radius 2 is 1.38 bits per heavy atom. The quantitative estimate of drug-likeness (QED) is 0.0338. The van der Waals surface area contributed by atoms with Crippen molar-refractivity contribution < 1.29 is 64.1 Å². The van der Waals surface area contributed by atoms with Gasteiger partial charge in [-0.05, 0) is 13.3 Å². The van der Waals surface area contributed by atoms with Crippen LogP contribution < -0.4 is 0 Å². The van der Waals surface area contributed by atoms with E-state index in [2.05, 4.69) is 26.3 Å². The van der Waals surface area contributed by atoms with E-state index in [9.17, 15) is 9.46 Å². The summed E-state index contributed by atoms with van der Waals surface area (Å²) >= 11 is 0. The minimum Gasteiger partial charge on any atom is -0.371 e. The lowest BCUT2D eigenvalue weighted by Crippen LogP contribution is -2.13. The minimum atomic E-state index is -3.66. The zero-order valence-corrected chi connectivity index (χ0v) is 21.2. The summed E-state index contributed by atoms with van der Waals surface area (Å²) in [5.41, 5.74) is -0.703. The van der Waals surface area contributed by atoms with Crippen LogP contribution in [0.4, 0.5) is 0 Å². The fourth-order valence-electron chi connectivity index (χ4n) is 2.65. The number of ether oxygens (including phenoxy) is 2. The van der Waals surface area contributed by atoms with Gasteiger partial charge < -0.3 is 29.1 Å². The molecule has 208 valence electrons. The van der Waals surface area contributed by atoms with E-state index < -0.39 is 26.3 Å². The maximum absolute atomic E-state index is 11.7. The Hall–Kier alpha value is -0.250. The highest BCUT2D eigenvalue weighted by molar-refractivity contribution is 7.53. The molecule has 0 amide bonds. The van der Waals surface area contributed by atoms with Gasteiger partial charge in [0.05, 0.1) is 18.9 Å². The molecular formula is C20H45O13P. The Balaban J connectivity index is 0. The van der Waals surface area contributed by atoms with Crippen molar-refractivity contribution in [3.05, 3.63) is 0 Å². The molecule has 1 aliphatic rings. The fraction of sp³-hybridized carbons (Fsp3) is 1.00. The van der Waals surface area contributed by atoms with Crippen molar-refractivity contribution in [3.8, 4) is 0 Å². The molecule has 0 spiro atoms. The van der Waals surface area contributed by atoms with E-state index in [0.29, 0.717) is 6.61 Å². The highest BCUT2D eigenvalue weighted by Gasteiger charge is 2.40. The second-order valence-corrected chi connectivity index (χ2v) is 9.88. The summed E-state index contributed by atoms with van der Waals surface area (Å²) in [6.07, 6.45) is 11.5. The summed E-state index contributed by atoms with van der Waals surface area (Å²) < 4.78 is 26.0. The van der Waals surface area contributed by atoms with Crippen molar-refractivity contribution >= 4 is 7.60 Å². The van der Waals surface area contributed by atoms with Crippen LogP contribution in [0.25, 0.3) is 0 Å². The lowest BCUT2D eigenvalue weighted by molar-refractivity contribution is -0.285. The summed E-state index contributed by atoms with van der Waals surface area (Å²) in [5, 5.41) is 38.8. The average molecular weight is 525 g/mol. The molecule has 1 saturated heterocycles. The second kappa shape index (κ2) is 25.8. The van der Waals surface area contributed by atoms with E-state index in [1.54, 1.807) is 0 Å². The van der Waals surface area contributed by atoms with Crippen molar-refractivity contribution in [1.82, 2.24) is 0 Å². The first-order valence-corrected chi connectivity index (χ1v) is 13.2. The highest BCUT2D eigenvalue weighted by atomic mass is 31.2. The molecule has 0 radical (unpaired) electrons. The zero-order chi connectivity index (χ0) is 26.1. The summed E-state index contributed by atoms with van der Waals surface area (Å²) in [6.45, 7) is 2.95. The van der Waals surface area contributed by atoms with Crippen molar-refractivity contribution in [2.75, 3.05) is 33.4 Å². The third-order valence-corrected chi connectivity index (χ3v) is 6.53. The van der Waals surface area contributed by atoms with Gasteiger partial charge in [-0.3, -0.25) is 15.1 Å². The molecular weight excluding hydrogens is 479 g/mol. The van der Waals surface area contributed by atoms with Crippen LogP contribution in [-0.4, -0.2) is 82.3 Å². The predicted molar refractivity (Wildman–Crippen MR) is 122 cm³/mol. The van der Waals surface area contributed by atoms with Crippen LogP contribution in [0.1, 0.15) is 78.1 Å². The average Bonchev–Trinajstić information content (AvgIpc) is 3.56. The molecule has 4 unspecified atom stereocenters. The van der Waals surface area contributed by atoms with Gasteiger partial charge in [0.1, 0.15) is 19.5 Å². The van der Waals surface area contributed by atoms with Gasteiger partial charge in [0.15, 0.2) is 13.1 Å². The first-order chi connectivity index (χ1) is 16.3. The predicted octanol–water partition coefficient (Wildman–Crippen LogP) is 3.58. The molecule has 0 aromatic heterocycles. The summed E-state index contributed by atoms with van der Waals surface area (Å²) in [5.74, 6) is 0. The standard InChI is InChI=1S/C15H33O5P.C4H8O5.CH4O3/c1-3-4-5-6-7-8-9-10-11-12-13-20-21(17,18)15(2)14-19-16;5-2-7-4-3(9-4)1-8-6;2-1-4-3/h15-16H,3-14H2,1-2H3,(H,17,18);3-6H,1-2H2;2-3H,1H2. The molecule has 14 heteroatoms. The third kappa shape index (κ3) is 23.5. The van der Waals surface area contributed by atoms with Gasteiger partial charge in [-0.25, -0.2) is 19.9 Å². The van der Waals surface area contributed by atoms with Crippen LogP contribution in [0.5, 0.6) is 0 Å². The largest absolute Gasteiger partial charge is 0.371 e. The first-order valence-electron chi connectivity index (χ1n) is 11.6. The maximum atomic E-state index is 11.7. The number of aliphatic hydroxyl groups excluding tert-OH is 2. The number of aliphatic hydroxyl groups is 2. The molecule has 34 heavy (non-hydrogen) atoms. The zero-order valence-electron chi connectivity index (χ0n) is 20.3. The van der Waals surface area contributed by atoms with Gasteiger partial charge in [0.2, 0.25) is 0 Å². The summed E-state index contributed by atoms with van der Waals surface area (Å²) in [4.78, 5) is 20.3. The number of hydrogen-bond acceptors (Lipinski definition) is 12. The van der Waals surface area contributed by atoms with E-state index in [0.717, 1.165) is 19.3 Å². The van der Waals surface area contributed by atoms with Gasteiger partial charge in [-0.2, -0.15) is 0 Å². The first kappa shape index (κ1) is 35.9. The molecule has 4 atom stereocenters. The molecule has 0 aliphatic carbocycles. The van der Waals surface area contributed by atoms with Crippen LogP contribution in [0.15, 0.2) is 0 Å². The normalized spacial score (nSPS) is 19.3. The molecule has 0 saturated carbocycles. The molecule has 0 aromatic carbocycles. The molecule has 6 N–H and O–H groups in total. The van der Waals surface area contributed by atoms with Crippen molar-refractivity contribution in [3.63, 3.8) is 0 Å². The maximum Gasteiger partial charge on any atom is 0.333 e. The molecule has 13 nitrogen and oxygen atoms in total. The smallest absolute Gasteiger partial charge is 0.333 e. The third-order valence-electron chi connectivity index (χ3n) is 4.72. The Morgan fingerprint density at radius 3 is 1.82 bits per heavy atom. The van der Waals surface area contributed by atoms with E-state index in [4.69, 9.17) is 35.2 Å². The Morgan fingerprint density at radius 1 is 0.853 bits per heavy atom. The van der Waals surface area contributed by atoms with E-state index >= 15 is 0 Å². The van der Waals surface area contributed by atoms with Crippen molar-refractivity contribution in [2.45, 2.75) is 96.1 Å². The summed E-state index contributed by atoms with van der Waals surface area (Å²) in [6, 6.07) is 0.